The molecule has 4 rings (SSSR count). The molecule has 1 fully saturated rings. The first kappa shape index (κ1) is 17.1. The van der Waals surface area contributed by atoms with Crippen molar-refractivity contribution in [3.8, 4) is 22.9 Å². The van der Waals surface area contributed by atoms with E-state index < -0.39 is 0 Å². The number of anilines is 1. The number of hydrogen-bond acceptors (Lipinski definition) is 5. The highest BCUT2D eigenvalue weighted by Gasteiger charge is 2.27. The minimum absolute atomic E-state index is 0.0697. The molecule has 7 heteroatoms. The van der Waals surface area contributed by atoms with Gasteiger partial charge >= 0.3 is 0 Å². The van der Waals surface area contributed by atoms with Crippen LogP contribution in [0, 0.1) is 0 Å². The Bertz CT molecular complexity index is 915. The molecule has 1 aromatic heterocycles. The number of amides is 1. The summed E-state index contributed by atoms with van der Waals surface area (Å²) in [4.78, 5) is 16.6. The van der Waals surface area contributed by atoms with Gasteiger partial charge in [0.1, 0.15) is 17.3 Å². The Morgan fingerprint density at radius 2 is 1.81 bits per heavy atom. The van der Waals surface area contributed by atoms with Crippen molar-refractivity contribution < 1.29 is 14.3 Å². The Morgan fingerprint density at radius 1 is 1.11 bits per heavy atom. The van der Waals surface area contributed by atoms with Gasteiger partial charge in [-0.25, -0.2) is 4.98 Å². The highest BCUT2D eigenvalue weighted by Crippen LogP contribution is 2.38. The van der Waals surface area contributed by atoms with E-state index in [9.17, 15) is 4.79 Å². The number of aromatic nitrogens is 3. The first-order chi connectivity index (χ1) is 13.2. The molecule has 138 valence electrons. The fourth-order valence-corrected chi connectivity index (χ4v) is 2.66. The van der Waals surface area contributed by atoms with Gasteiger partial charge in [-0.2, -0.15) is 5.10 Å². The van der Waals surface area contributed by atoms with Gasteiger partial charge in [0.15, 0.2) is 12.4 Å². The van der Waals surface area contributed by atoms with Crippen molar-refractivity contribution in [2.24, 2.45) is 0 Å². The number of nitrogens with zero attached hydrogens (tertiary/aromatic N) is 2. The van der Waals surface area contributed by atoms with E-state index in [-0.39, 0.29) is 12.5 Å². The lowest BCUT2D eigenvalue weighted by atomic mass is 10.2. The molecule has 0 radical (unpaired) electrons. The van der Waals surface area contributed by atoms with Crippen LogP contribution in [0.5, 0.6) is 11.5 Å². The fraction of sp³-hybridized carbons (Fsp3) is 0.250. The van der Waals surface area contributed by atoms with Gasteiger partial charge in [-0.1, -0.05) is 0 Å². The van der Waals surface area contributed by atoms with Crippen LogP contribution in [-0.4, -0.2) is 34.8 Å². The molecule has 1 aliphatic rings. The first-order valence-electron chi connectivity index (χ1n) is 8.81. The highest BCUT2D eigenvalue weighted by molar-refractivity contribution is 5.92. The van der Waals surface area contributed by atoms with Gasteiger partial charge in [-0.05, 0) is 61.4 Å². The number of ether oxygens (including phenoxy) is 2. The predicted molar refractivity (Wildman–Crippen MR) is 101 cm³/mol. The number of benzene rings is 2. The number of aromatic amines is 1. The van der Waals surface area contributed by atoms with Crippen molar-refractivity contribution in [3.05, 3.63) is 54.4 Å². The van der Waals surface area contributed by atoms with E-state index in [0.717, 1.165) is 17.1 Å². The van der Waals surface area contributed by atoms with Crippen LogP contribution in [-0.2, 0) is 4.79 Å². The average Bonchev–Trinajstić information content (AvgIpc) is 3.44. The fourth-order valence-electron chi connectivity index (χ4n) is 2.66. The van der Waals surface area contributed by atoms with Gasteiger partial charge in [0.25, 0.3) is 5.91 Å². The molecule has 0 bridgehead atoms. The summed E-state index contributed by atoms with van der Waals surface area (Å²) in [5.41, 5.74) is 1.60. The van der Waals surface area contributed by atoms with E-state index >= 15 is 0 Å². The van der Waals surface area contributed by atoms with Crippen LogP contribution in [0.15, 0.2) is 48.5 Å². The van der Waals surface area contributed by atoms with Crippen LogP contribution in [0.3, 0.4) is 0 Å². The molecule has 1 amide bonds. The summed E-state index contributed by atoms with van der Waals surface area (Å²) in [6.45, 7) is -0.0697. The van der Waals surface area contributed by atoms with Crippen LogP contribution >= 0.6 is 0 Å². The second-order valence-corrected chi connectivity index (χ2v) is 6.41. The average molecular weight is 364 g/mol. The Labute approximate surface area is 156 Å². The number of methoxy groups -OCH3 is 1. The SMILES string of the molecule is COc1ccc(OCC(=O)Nc2ccc(-c3n[nH]c(C4CC4)n3)cc2)cc1. The van der Waals surface area contributed by atoms with Crippen LogP contribution in [0.2, 0.25) is 0 Å². The van der Waals surface area contributed by atoms with Gasteiger partial charge in [0.2, 0.25) is 0 Å². The van der Waals surface area contributed by atoms with Crippen molar-refractivity contribution in [1.29, 1.82) is 0 Å². The molecule has 27 heavy (non-hydrogen) atoms. The van der Waals surface area contributed by atoms with Crippen LogP contribution < -0.4 is 14.8 Å². The van der Waals surface area contributed by atoms with Gasteiger partial charge in [-0.3, -0.25) is 9.89 Å². The number of carbonyl (C=O) groups excluding carboxylic acids is 1. The number of carbonyl (C=O) groups is 1. The molecule has 3 aromatic rings. The van der Waals surface area contributed by atoms with Crippen LogP contribution in [0.25, 0.3) is 11.4 Å². The van der Waals surface area contributed by atoms with Gasteiger partial charge in [0.05, 0.1) is 7.11 Å². The van der Waals surface area contributed by atoms with Crippen LogP contribution in [0.4, 0.5) is 5.69 Å². The standard InChI is InChI=1S/C20H20N4O3/c1-26-16-8-10-17(11-9-16)27-12-18(25)21-15-6-4-14(5-7-15)20-22-19(23-24-20)13-2-3-13/h4-11,13H,2-3,12H2,1H3,(H,21,25)(H,22,23,24). The van der Waals surface area contributed by atoms with Gasteiger partial charge in [-0.15, -0.1) is 0 Å². The number of nitrogens with one attached hydrogen (secondary N) is 2. The van der Waals surface area contributed by atoms with Crippen LogP contribution in [0.1, 0.15) is 24.6 Å². The zero-order valence-corrected chi connectivity index (χ0v) is 14.9. The third-order valence-electron chi connectivity index (χ3n) is 4.32. The summed E-state index contributed by atoms with van der Waals surface area (Å²) >= 11 is 0. The number of H-pyrrole nitrogens is 1. The lowest BCUT2D eigenvalue weighted by Crippen LogP contribution is -2.20. The lowest BCUT2D eigenvalue weighted by Gasteiger charge is -2.08. The summed E-state index contributed by atoms with van der Waals surface area (Å²) in [7, 11) is 1.60. The summed E-state index contributed by atoms with van der Waals surface area (Å²) in [6, 6.07) is 14.5. The summed E-state index contributed by atoms with van der Waals surface area (Å²) in [5.74, 6) is 3.29. The third-order valence-corrected chi connectivity index (χ3v) is 4.32. The van der Waals surface area contributed by atoms with Crippen molar-refractivity contribution in [2.45, 2.75) is 18.8 Å². The summed E-state index contributed by atoms with van der Waals surface area (Å²) in [6.07, 6.45) is 2.36. The summed E-state index contributed by atoms with van der Waals surface area (Å²) in [5, 5.41) is 10.1. The Hall–Kier alpha value is -3.35. The first-order valence-corrected chi connectivity index (χ1v) is 8.81. The molecule has 0 spiro atoms. The quantitative estimate of drug-likeness (QED) is 0.671. The van der Waals surface area contributed by atoms with Crippen molar-refractivity contribution >= 4 is 11.6 Å². The molecule has 0 aliphatic heterocycles. The van der Waals surface area contributed by atoms with E-state index in [1.54, 1.807) is 31.4 Å². The normalized spacial score (nSPS) is 13.2. The van der Waals surface area contributed by atoms with E-state index in [4.69, 9.17) is 9.47 Å². The monoisotopic (exact) mass is 364 g/mol. The number of hydrogen-bond donors (Lipinski definition) is 2. The molecule has 0 saturated heterocycles. The maximum Gasteiger partial charge on any atom is 0.262 e. The maximum atomic E-state index is 12.1. The highest BCUT2D eigenvalue weighted by atomic mass is 16.5. The molecule has 2 aromatic carbocycles. The Kier molecular flexibility index (Phi) is 4.74. The molecule has 7 nitrogen and oxygen atoms in total. The van der Waals surface area contributed by atoms with E-state index in [1.165, 1.54) is 12.8 Å². The zero-order valence-electron chi connectivity index (χ0n) is 14.9. The second-order valence-electron chi connectivity index (χ2n) is 6.41. The summed E-state index contributed by atoms with van der Waals surface area (Å²) < 4.78 is 10.6. The lowest BCUT2D eigenvalue weighted by molar-refractivity contribution is -0.118. The second kappa shape index (κ2) is 7.49. The molecular formula is C20H20N4O3. The van der Waals surface area contributed by atoms with Gasteiger partial charge in [0, 0.05) is 17.2 Å². The van der Waals surface area contributed by atoms with Crippen molar-refractivity contribution in [3.63, 3.8) is 0 Å². The maximum absolute atomic E-state index is 12.1. The predicted octanol–water partition coefficient (Wildman–Crippen LogP) is 3.38. The van der Waals surface area contributed by atoms with Crippen molar-refractivity contribution in [1.82, 2.24) is 15.2 Å². The molecule has 0 atom stereocenters. The minimum atomic E-state index is -0.229. The molecule has 1 heterocycles. The van der Waals surface area contributed by atoms with E-state index in [0.29, 0.717) is 23.2 Å². The van der Waals surface area contributed by atoms with E-state index in [1.807, 2.05) is 24.3 Å². The molecule has 2 N–H and O–H groups in total. The smallest absolute Gasteiger partial charge is 0.262 e. The molecule has 1 saturated carbocycles. The molecule has 1 aliphatic carbocycles. The Balaban J connectivity index is 1.31. The zero-order chi connectivity index (χ0) is 18.6. The Morgan fingerprint density at radius 3 is 2.48 bits per heavy atom. The topological polar surface area (TPSA) is 89.1 Å². The minimum Gasteiger partial charge on any atom is -0.497 e. The van der Waals surface area contributed by atoms with Crippen molar-refractivity contribution in [2.75, 3.05) is 19.0 Å². The van der Waals surface area contributed by atoms with Gasteiger partial charge < -0.3 is 14.8 Å². The molecular weight excluding hydrogens is 344 g/mol. The molecule has 0 unspecified atom stereocenters. The number of rotatable bonds is 7. The third kappa shape index (κ3) is 4.25. The largest absolute Gasteiger partial charge is 0.497 e. The van der Waals surface area contributed by atoms with E-state index in [2.05, 4.69) is 20.5 Å².